The molecule has 0 atom stereocenters. The van der Waals surface area contributed by atoms with Crippen LogP contribution in [0.25, 0.3) is 6.08 Å². The number of hydrogen-bond donors (Lipinski definition) is 0. The molecule has 0 spiro atoms. The lowest BCUT2D eigenvalue weighted by atomic mass is 10.1. The minimum Gasteiger partial charge on any atom is -0.497 e. The molecule has 180 valence electrons. The van der Waals surface area contributed by atoms with E-state index >= 15 is 0 Å². The summed E-state index contributed by atoms with van der Waals surface area (Å²) in [5.41, 5.74) is 2.66. The van der Waals surface area contributed by atoms with Crippen molar-refractivity contribution in [1.29, 1.82) is 0 Å². The van der Waals surface area contributed by atoms with Crippen LogP contribution in [0, 0.1) is 6.92 Å². The van der Waals surface area contributed by atoms with Gasteiger partial charge in [0.1, 0.15) is 11.5 Å². The van der Waals surface area contributed by atoms with Crippen LogP contribution in [0.4, 0.5) is 0 Å². The summed E-state index contributed by atoms with van der Waals surface area (Å²) in [6.45, 7) is 2.83. The minimum atomic E-state index is -0.512. The number of cyclic esters (lactones) is 1. The minimum absolute atomic E-state index is 0.195. The molecule has 7 nitrogen and oxygen atoms in total. The van der Waals surface area contributed by atoms with E-state index in [1.165, 1.54) is 0 Å². The van der Waals surface area contributed by atoms with Gasteiger partial charge in [-0.2, -0.15) is 0 Å². The first-order chi connectivity index (χ1) is 17.1. The number of esters is 1. The molecule has 0 aromatic heterocycles. The molecule has 0 radical (unpaired) electrons. The molecule has 7 heteroatoms. The zero-order chi connectivity index (χ0) is 24.6. The fraction of sp³-hybridized carbons (Fsp3) is 0.214. The van der Waals surface area contributed by atoms with Crippen LogP contribution < -0.4 is 18.9 Å². The first-order valence-corrected chi connectivity index (χ1v) is 11.2. The number of carbonyl (C=O) groups is 1. The third kappa shape index (κ3) is 6.00. The van der Waals surface area contributed by atoms with E-state index in [-0.39, 0.29) is 11.6 Å². The number of rotatable bonds is 10. The predicted octanol–water partition coefficient (Wildman–Crippen LogP) is 5.20. The summed E-state index contributed by atoms with van der Waals surface area (Å²) in [7, 11) is 3.19. The number of aliphatic imine (C=N–C) groups is 1. The van der Waals surface area contributed by atoms with Crippen molar-refractivity contribution in [1.82, 2.24) is 0 Å². The maximum Gasteiger partial charge on any atom is 0.363 e. The van der Waals surface area contributed by atoms with Crippen molar-refractivity contribution in [3.05, 3.63) is 89.1 Å². The van der Waals surface area contributed by atoms with Crippen molar-refractivity contribution in [3.8, 4) is 23.0 Å². The van der Waals surface area contributed by atoms with E-state index in [2.05, 4.69) is 4.99 Å². The van der Waals surface area contributed by atoms with E-state index in [1.54, 1.807) is 26.4 Å². The van der Waals surface area contributed by atoms with Crippen LogP contribution >= 0.6 is 0 Å². The number of benzene rings is 3. The van der Waals surface area contributed by atoms with Crippen molar-refractivity contribution in [2.45, 2.75) is 13.3 Å². The second-order valence-corrected chi connectivity index (χ2v) is 7.81. The highest BCUT2D eigenvalue weighted by molar-refractivity contribution is 6.13. The van der Waals surface area contributed by atoms with Crippen molar-refractivity contribution in [2.24, 2.45) is 4.99 Å². The average molecular weight is 474 g/mol. The lowest BCUT2D eigenvalue weighted by Gasteiger charge is -2.14. The number of para-hydroxylation sites is 1. The molecule has 0 saturated heterocycles. The highest BCUT2D eigenvalue weighted by atomic mass is 16.6. The normalized spacial score (nSPS) is 13.9. The van der Waals surface area contributed by atoms with Gasteiger partial charge in [0, 0.05) is 23.6 Å². The van der Waals surface area contributed by atoms with E-state index in [0.29, 0.717) is 36.7 Å². The molecule has 0 N–H and O–H groups in total. The summed E-state index contributed by atoms with van der Waals surface area (Å²) in [6, 6.07) is 20.6. The van der Waals surface area contributed by atoms with Gasteiger partial charge < -0.3 is 23.7 Å². The monoisotopic (exact) mass is 473 g/mol. The lowest BCUT2D eigenvalue weighted by Crippen LogP contribution is -2.07. The molecule has 0 fully saturated rings. The second-order valence-electron chi connectivity index (χ2n) is 7.81. The standard InChI is InChI=1S/C28H27NO6/c1-19-8-4-10-21(16-19)27-29-24(28(30)35-27)17-20-9-5-13-25(32-3)26(20)34-15-7-14-33-23-12-6-11-22(18-23)31-2/h4-6,8-13,16-18H,7,14-15H2,1-3H3/b24-17+. The Morgan fingerprint density at radius 3 is 2.46 bits per heavy atom. The lowest BCUT2D eigenvalue weighted by molar-refractivity contribution is -0.129. The van der Waals surface area contributed by atoms with Gasteiger partial charge in [-0.3, -0.25) is 0 Å². The number of carbonyl (C=O) groups excluding carboxylic acids is 1. The topological polar surface area (TPSA) is 75.6 Å². The molecular weight excluding hydrogens is 446 g/mol. The molecule has 1 aliphatic heterocycles. The van der Waals surface area contributed by atoms with Gasteiger partial charge in [0.15, 0.2) is 17.2 Å². The predicted molar refractivity (Wildman–Crippen MR) is 133 cm³/mol. The van der Waals surface area contributed by atoms with Crippen LogP contribution in [0.1, 0.15) is 23.1 Å². The average Bonchev–Trinajstić information content (AvgIpc) is 3.24. The van der Waals surface area contributed by atoms with Crippen molar-refractivity contribution in [3.63, 3.8) is 0 Å². The Balaban J connectivity index is 1.45. The molecule has 35 heavy (non-hydrogen) atoms. The molecule has 0 unspecified atom stereocenters. The fourth-order valence-electron chi connectivity index (χ4n) is 3.53. The maximum atomic E-state index is 12.5. The quantitative estimate of drug-likeness (QED) is 0.229. The van der Waals surface area contributed by atoms with E-state index in [0.717, 1.165) is 22.6 Å². The summed E-state index contributed by atoms with van der Waals surface area (Å²) in [6.07, 6.45) is 2.29. The van der Waals surface area contributed by atoms with Crippen molar-refractivity contribution in [2.75, 3.05) is 27.4 Å². The van der Waals surface area contributed by atoms with Gasteiger partial charge in [-0.15, -0.1) is 0 Å². The van der Waals surface area contributed by atoms with Crippen LogP contribution in [-0.2, 0) is 9.53 Å². The maximum absolute atomic E-state index is 12.5. The first kappa shape index (κ1) is 23.9. The van der Waals surface area contributed by atoms with Gasteiger partial charge in [-0.05, 0) is 43.3 Å². The number of hydrogen-bond acceptors (Lipinski definition) is 7. The van der Waals surface area contributed by atoms with Crippen molar-refractivity contribution >= 4 is 17.9 Å². The third-order valence-corrected chi connectivity index (χ3v) is 5.25. The van der Waals surface area contributed by atoms with Crippen LogP contribution in [0.2, 0.25) is 0 Å². The van der Waals surface area contributed by atoms with Crippen LogP contribution in [0.15, 0.2) is 77.4 Å². The van der Waals surface area contributed by atoms with E-state index in [9.17, 15) is 4.79 Å². The third-order valence-electron chi connectivity index (χ3n) is 5.25. The van der Waals surface area contributed by atoms with Crippen LogP contribution in [0.5, 0.6) is 23.0 Å². The van der Waals surface area contributed by atoms with Gasteiger partial charge in [-0.25, -0.2) is 9.79 Å². The summed E-state index contributed by atoms with van der Waals surface area (Å²) in [4.78, 5) is 16.9. The number of aryl methyl sites for hydroxylation is 1. The first-order valence-electron chi connectivity index (χ1n) is 11.2. The Labute approximate surface area is 204 Å². The zero-order valence-corrected chi connectivity index (χ0v) is 19.9. The highest BCUT2D eigenvalue weighted by Crippen LogP contribution is 2.34. The molecule has 4 rings (SSSR count). The van der Waals surface area contributed by atoms with Crippen LogP contribution in [0.3, 0.4) is 0 Å². The Bertz CT molecular complexity index is 1260. The second kappa shape index (κ2) is 11.2. The molecule has 1 aliphatic rings. The van der Waals surface area contributed by atoms with Gasteiger partial charge in [-0.1, -0.05) is 35.9 Å². The van der Waals surface area contributed by atoms with E-state index in [1.807, 2.05) is 67.6 Å². The Hall–Kier alpha value is -4.26. The number of ether oxygens (including phenoxy) is 5. The number of methoxy groups -OCH3 is 2. The van der Waals surface area contributed by atoms with Crippen molar-refractivity contribution < 1.29 is 28.5 Å². The fourth-order valence-corrected chi connectivity index (χ4v) is 3.53. The molecule has 0 bridgehead atoms. The molecule has 0 amide bonds. The summed E-state index contributed by atoms with van der Waals surface area (Å²) < 4.78 is 27.9. The summed E-state index contributed by atoms with van der Waals surface area (Å²) >= 11 is 0. The Morgan fingerprint density at radius 2 is 1.66 bits per heavy atom. The van der Waals surface area contributed by atoms with E-state index in [4.69, 9.17) is 23.7 Å². The largest absolute Gasteiger partial charge is 0.497 e. The molecular formula is C28H27NO6. The number of nitrogens with zero attached hydrogens (tertiary/aromatic N) is 1. The summed E-state index contributed by atoms with van der Waals surface area (Å²) in [5, 5.41) is 0. The molecule has 0 aliphatic carbocycles. The van der Waals surface area contributed by atoms with Crippen LogP contribution in [-0.4, -0.2) is 39.3 Å². The molecule has 3 aromatic rings. The van der Waals surface area contributed by atoms with Gasteiger partial charge in [0.25, 0.3) is 0 Å². The smallest absolute Gasteiger partial charge is 0.363 e. The molecule has 0 saturated carbocycles. The molecule has 1 heterocycles. The summed E-state index contributed by atoms with van der Waals surface area (Å²) in [5.74, 6) is 2.32. The molecule has 3 aromatic carbocycles. The zero-order valence-electron chi connectivity index (χ0n) is 19.9. The Morgan fingerprint density at radius 1 is 0.886 bits per heavy atom. The van der Waals surface area contributed by atoms with Gasteiger partial charge in [0.05, 0.1) is 27.4 Å². The van der Waals surface area contributed by atoms with E-state index < -0.39 is 5.97 Å². The highest BCUT2D eigenvalue weighted by Gasteiger charge is 2.25. The van der Waals surface area contributed by atoms with Gasteiger partial charge in [0.2, 0.25) is 5.90 Å². The SMILES string of the molecule is COc1cccc(OCCCOc2c(/C=C3/N=C(c4cccc(C)c4)OC3=O)cccc2OC)c1. The Kier molecular flexibility index (Phi) is 7.67. The van der Waals surface area contributed by atoms with Gasteiger partial charge >= 0.3 is 5.97 Å².